The lowest BCUT2D eigenvalue weighted by molar-refractivity contribution is -0.384. The third-order valence-corrected chi connectivity index (χ3v) is 9.40. The number of rotatable bonds is 10. The zero-order valence-electron chi connectivity index (χ0n) is 24.7. The number of aromatic nitrogens is 2. The molecule has 2 aromatic carbocycles. The van der Waals surface area contributed by atoms with E-state index in [9.17, 15) is 28.1 Å². The number of amides is 1. The van der Waals surface area contributed by atoms with Crippen molar-refractivity contribution in [3.63, 3.8) is 0 Å². The molecule has 0 spiro atoms. The number of carbonyl (C=O) groups is 2. The Hall–Kier alpha value is -5.08. The molecule has 1 saturated heterocycles. The first-order valence-corrected chi connectivity index (χ1v) is 16.3. The number of hydrogen-bond acceptors (Lipinski definition) is 10. The van der Waals surface area contributed by atoms with E-state index in [0.29, 0.717) is 50.4 Å². The Morgan fingerprint density at radius 2 is 1.93 bits per heavy atom. The minimum atomic E-state index is -4.53. The maximum atomic E-state index is 13.5. The van der Waals surface area contributed by atoms with Crippen LogP contribution in [-0.2, 0) is 19.6 Å². The van der Waals surface area contributed by atoms with Crippen LogP contribution in [-0.4, -0.2) is 54.8 Å². The number of nitrogens with zero attached hydrogens (tertiary/aromatic N) is 2. The summed E-state index contributed by atoms with van der Waals surface area (Å²) < 4.78 is 40.2. The molecule has 46 heavy (non-hydrogen) atoms. The van der Waals surface area contributed by atoms with Crippen LogP contribution >= 0.6 is 0 Å². The fourth-order valence-electron chi connectivity index (χ4n) is 5.49. The van der Waals surface area contributed by atoms with E-state index in [4.69, 9.17) is 9.47 Å². The molecule has 1 amide bonds. The molecule has 0 atom stereocenters. The number of ether oxygens (including phenoxy) is 2. The smallest absolute Gasteiger partial charge is 0.293 e. The van der Waals surface area contributed by atoms with Gasteiger partial charge in [-0.25, -0.2) is 18.1 Å². The van der Waals surface area contributed by atoms with Crippen LogP contribution in [0.25, 0.3) is 16.6 Å². The van der Waals surface area contributed by atoms with Crippen LogP contribution in [0.3, 0.4) is 0 Å². The van der Waals surface area contributed by atoms with Gasteiger partial charge in [0.2, 0.25) is 0 Å². The summed E-state index contributed by atoms with van der Waals surface area (Å²) in [6.45, 7) is 1.73. The number of H-pyrrole nitrogens is 1. The first kappa shape index (κ1) is 30.9. The number of aromatic amines is 1. The fraction of sp³-hybridized carbons (Fsp3) is 0.281. The summed E-state index contributed by atoms with van der Waals surface area (Å²) in [6, 6.07) is 11.7. The van der Waals surface area contributed by atoms with E-state index >= 15 is 0 Å². The molecule has 1 fully saturated rings. The van der Waals surface area contributed by atoms with Crippen LogP contribution in [0.5, 0.6) is 11.5 Å². The quantitative estimate of drug-likeness (QED) is 0.150. The predicted octanol–water partition coefficient (Wildman–Crippen LogP) is 5.36. The molecule has 3 N–H and O–H groups in total. The van der Waals surface area contributed by atoms with Crippen molar-refractivity contribution < 1.29 is 32.4 Å². The van der Waals surface area contributed by atoms with Gasteiger partial charge in [0.15, 0.2) is 0 Å². The average Bonchev–Trinajstić information content (AvgIpc) is 3.52. The molecule has 0 unspecified atom stereocenters. The standard InChI is InChI=1S/C32H31N5O8S/c38-24-4-1-21(2-5-24)22-3-7-27(30(16-22)45-25-15-23-9-12-33-31(23)35-19-25)32(39)36-46(42,43)26-6-8-28(29(17-26)37(40)41)34-18-20-10-13-44-14-11-20/h1,3,6-9,12,15-17,19-20,34H,2,4-5,10-11,13-14,18H2,(H,33,35)(H,36,39). The highest BCUT2D eigenvalue weighted by Crippen LogP contribution is 2.34. The monoisotopic (exact) mass is 645 g/mol. The zero-order chi connectivity index (χ0) is 32.3. The molecule has 4 aromatic rings. The lowest BCUT2D eigenvalue weighted by atomic mass is 9.92. The normalized spacial score (nSPS) is 15.7. The minimum absolute atomic E-state index is 0.0679. The Morgan fingerprint density at radius 1 is 1.11 bits per heavy atom. The van der Waals surface area contributed by atoms with Crippen molar-refractivity contribution in [2.75, 3.05) is 25.1 Å². The van der Waals surface area contributed by atoms with Crippen LogP contribution < -0.4 is 14.8 Å². The van der Waals surface area contributed by atoms with E-state index in [1.165, 1.54) is 24.4 Å². The van der Waals surface area contributed by atoms with Gasteiger partial charge in [0, 0.05) is 50.2 Å². The van der Waals surface area contributed by atoms with E-state index in [1.54, 1.807) is 30.5 Å². The molecule has 2 aromatic heterocycles. The van der Waals surface area contributed by atoms with Crippen LogP contribution in [0.4, 0.5) is 11.4 Å². The predicted molar refractivity (Wildman–Crippen MR) is 169 cm³/mol. The van der Waals surface area contributed by atoms with Crippen LogP contribution in [0.15, 0.2) is 71.9 Å². The fourth-order valence-corrected chi connectivity index (χ4v) is 6.48. The molecule has 1 aliphatic carbocycles. The summed E-state index contributed by atoms with van der Waals surface area (Å²) in [5.41, 5.74) is 1.93. The first-order chi connectivity index (χ1) is 22.2. The number of sulfonamides is 1. The van der Waals surface area contributed by atoms with E-state index in [-0.39, 0.29) is 28.7 Å². The third-order valence-electron chi connectivity index (χ3n) is 8.07. The average molecular weight is 646 g/mol. The van der Waals surface area contributed by atoms with Crippen LogP contribution in [0.1, 0.15) is 48.0 Å². The molecule has 6 rings (SSSR count). The maximum Gasteiger partial charge on any atom is 0.293 e. The third kappa shape index (κ3) is 6.92. The highest BCUT2D eigenvalue weighted by atomic mass is 32.2. The van der Waals surface area contributed by atoms with Gasteiger partial charge in [-0.15, -0.1) is 0 Å². The van der Waals surface area contributed by atoms with Gasteiger partial charge in [0.1, 0.15) is 28.6 Å². The number of allylic oxidation sites excluding steroid dienone is 2. The number of nitro benzene ring substituents is 1. The lowest BCUT2D eigenvalue weighted by Crippen LogP contribution is -2.31. The van der Waals surface area contributed by atoms with Gasteiger partial charge in [-0.1, -0.05) is 12.1 Å². The molecule has 1 aliphatic heterocycles. The van der Waals surface area contributed by atoms with Gasteiger partial charge in [-0.05, 0) is 72.7 Å². The molecule has 3 heterocycles. The molecule has 0 radical (unpaired) electrons. The maximum absolute atomic E-state index is 13.5. The number of hydrogen-bond donors (Lipinski definition) is 3. The summed E-state index contributed by atoms with van der Waals surface area (Å²) in [4.78, 5) is 43.3. The Balaban J connectivity index is 1.27. The topological polar surface area (TPSA) is 183 Å². The van der Waals surface area contributed by atoms with E-state index < -0.39 is 31.4 Å². The van der Waals surface area contributed by atoms with Crippen LogP contribution in [0, 0.1) is 16.0 Å². The van der Waals surface area contributed by atoms with Gasteiger partial charge in [-0.3, -0.25) is 19.7 Å². The molecular formula is C32H31N5O8S. The lowest BCUT2D eigenvalue weighted by Gasteiger charge is -2.22. The van der Waals surface area contributed by atoms with Crippen molar-refractivity contribution in [2.24, 2.45) is 5.92 Å². The van der Waals surface area contributed by atoms with Crippen molar-refractivity contribution in [1.82, 2.24) is 14.7 Å². The minimum Gasteiger partial charge on any atom is -0.455 e. The Bertz CT molecular complexity index is 1960. The second-order valence-electron chi connectivity index (χ2n) is 11.2. The highest BCUT2D eigenvalue weighted by molar-refractivity contribution is 7.90. The van der Waals surface area contributed by atoms with Gasteiger partial charge >= 0.3 is 0 Å². The number of benzene rings is 2. The van der Waals surface area contributed by atoms with E-state index in [0.717, 1.165) is 35.4 Å². The first-order valence-electron chi connectivity index (χ1n) is 14.8. The molecule has 2 aliphatic rings. The summed E-state index contributed by atoms with van der Waals surface area (Å²) in [7, 11) is -4.53. The summed E-state index contributed by atoms with van der Waals surface area (Å²) >= 11 is 0. The van der Waals surface area contributed by atoms with Gasteiger partial charge < -0.3 is 19.8 Å². The number of fused-ring (bicyclic) bond motifs is 1. The summed E-state index contributed by atoms with van der Waals surface area (Å²) in [5.74, 6) is -0.201. The number of carbonyl (C=O) groups excluding carboxylic acids is 2. The molecule has 0 saturated carbocycles. The highest BCUT2D eigenvalue weighted by Gasteiger charge is 2.26. The zero-order valence-corrected chi connectivity index (χ0v) is 25.5. The van der Waals surface area contributed by atoms with Crippen LogP contribution in [0.2, 0.25) is 0 Å². The number of nitrogens with one attached hydrogen (secondary N) is 3. The summed E-state index contributed by atoms with van der Waals surface area (Å²) in [6.07, 6.45) is 7.88. The molecule has 13 nitrogen and oxygen atoms in total. The van der Waals surface area contributed by atoms with E-state index in [2.05, 4.69) is 15.3 Å². The summed E-state index contributed by atoms with van der Waals surface area (Å²) in [5, 5.41) is 15.7. The van der Waals surface area contributed by atoms with Crippen molar-refractivity contribution in [3.05, 3.63) is 88.2 Å². The number of ketones is 1. The Labute approximate surface area is 264 Å². The van der Waals surface area contributed by atoms with Crippen molar-refractivity contribution in [3.8, 4) is 11.5 Å². The second-order valence-corrected chi connectivity index (χ2v) is 12.9. The van der Waals surface area contributed by atoms with Crippen molar-refractivity contribution >= 4 is 49.7 Å². The number of pyridine rings is 1. The number of anilines is 1. The van der Waals surface area contributed by atoms with Gasteiger partial charge in [0.25, 0.3) is 21.6 Å². The molecule has 14 heteroatoms. The molecular weight excluding hydrogens is 614 g/mol. The van der Waals surface area contributed by atoms with E-state index in [1.807, 2.05) is 10.8 Å². The Morgan fingerprint density at radius 3 is 2.70 bits per heavy atom. The van der Waals surface area contributed by atoms with Gasteiger partial charge in [0.05, 0.1) is 21.6 Å². The molecule has 0 bridgehead atoms. The SMILES string of the molecule is O=C1CC=C(c2ccc(C(=O)NS(=O)(=O)c3ccc(NCC4CCOCC4)c([N+](=O)[O-])c3)c(Oc3cnc4[nH]ccc4c3)c2)CC1. The number of nitro groups is 1. The Kier molecular flexibility index (Phi) is 8.81. The van der Waals surface area contributed by atoms with Crippen molar-refractivity contribution in [1.29, 1.82) is 0 Å². The largest absolute Gasteiger partial charge is 0.455 e. The number of Topliss-reactive ketones (excluding diaryl/α,β-unsaturated/α-hetero) is 1. The molecule has 238 valence electrons. The second kappa shape index (κ2) is 13.1. The van der Waals surface area contributed by atoms with Crippen molar-refractivity contribution in [2.45, 2.75) is 37.0 Å². The van der Waals surface area contributed by atoms with Gasteiger partial charge in [-0.2, -0.15) is 0 Å².